The molecule has 0 radical (unpaired) electrons. The van der Waals surface area contributed by atoms with Crippen molar-refractivity contribution in [2.24, 2.45) is 0 Å². The Hall–Kier alpha value is -2.86. The van der Waals surface area contributed by atoms with Gasteiger partial charge in [0.1, 0.15) is 11.5 Å². The third-order valence-corrected chi connectivity index (χ3v) is 4.82. The molecular weight excluding hydrogens is 372 g/mol. The standard InChI is InChI=1S/C22H24N2O3S/c1-4-11-26-18-8-6-17(7-9-18)19-14-28-22(23-19)24-21(25)13-27-20-10-5-15(2)12-16(20)3/h5-10,12,14H,4,11,13H2,1-3H3,(H,23,24,25). The third kappa shape index (κ3) is 5.33. The van der Waals surface area contributed by atoms with Crippen molar-refractivity contribution >= 4 is 22.4 Å². The summed E-state index contributed by atoms with van der Waals surface area (Å²) in [7, 11) is 0. The highest BCUT2D eigenvalue weighted by molar-refractivity contribution is 7.14. The number of benzene rings is 2. The Bertz CT molecular complexity index is 935. The maximum Gasteiger partial charge on any atom is 0.264 e. The third-order valence-electron chi connectivity index (χ3n) is 4.06. The molecule has 0 saturated carbocycles. The molecule has 6 heteroatoms. The monoisotopic (exact) mass is 396 g/mol. The van der Waals surface area contributed by atoms with Gasteiger partial charge in [-0.3, -0.25) is 10.1 Å². The van der Waals surface area contributed by atoms with Gasteiger partial charge in [-0.15, -0.1) is 11.3 Å². The lowest BCUT2D eigenvalue weighted by Crippen LogP contribution is -2.20. The fraction of sp³-hybridized carbons (Fsp3) is 0.273. The molecule has 0 aliphatic carbocycles. The van der Waals surface area contributed by atoms with Gasteiger partial charge in [0, 0.05) is 10.9 Å². The molecule has 0 bridgehead atoms. The van der Waals surface area contributed by atoms with Crippen LogP contribution in [0.5, 0.6) is 11.5 Å². The molecule has 3 aromatic rings. The topological polar surface area (TPSA) is 60.5 Å². The van der Waals surface area contributed by atoms with Crippen LogP contribution in [0.2, 0.25) is 0 Å². The zero-order chi connectivity index (χ0) is 19.9. The lowest BCUT2D eigenvalue weighted by Gasteiger charge is -2.09. The summed E-state index contributed by atoms with van der Waals surface area (Å²) in [6.45, 7) is 6.71. The van der Waals surface area contributed by atoms with E-state index in [1.165, 1.54) is 11.3 Å². The van der Waals surface area contributed by atoms with E-state index in [1.54, 1.807) is 0 Å². The molecule has 1 N–H and O–H groups in total. The number of aromatic nitrogens is 1. The molecule has 2 aromatic carbocycles. The molecule has 28 heavy (non-hydrogen) atoms. The fourth-order valence-corrected chi connectivity index (χ4v) is 3.40. The van der Waals surface area contributed by atoms with Crippen molar-refractivity contribution in [1.29, 1.82) is 0 Å². The molecule has 0 atom stereocenters. The van der Waals surface area contributed by atoms with Gasteiger partial charge < -0.3 is 9.47 Å². The van der Waals surface area contributed by atoms with E-state index in [4.69, 9.17) is 9.47 Å². The first-order valence-corrected chi connectivity index (χ1v) is 10.1. The van der Waals surface area contributed by atoms with Gasteiger partial charge in [0.25, 0.3) is 5.91 Å². The second kappa shape index (κ2) is 9.37. The number of aryl methyl sites for hydroxylation is 2. The Balaban J connectivity index is 1.55. The van der Waals surface area contributed by atoms with Crippen LogP contribution in [-0.4, -0.2) is 24.1 Å². The molecule has 1 amide bonds. The molecule has 146 valence electrons. The van der Waals surface area contributed by atoms with E-state index >= 15 is 0 Å². The van der Waals surface area contributed by atoms with Crippen molar-refractivity contribution < 1.29 is 14.3 Å². The predicted octanol–water partition coefficient (Wildman–Crippen LogP) is 5.23. The van der Waals surface area contributed by atoms with Crippen LogP contribution in [0.4, 0.5) is 5.13 Å². The average molecular weight is 397 g/mol. The van der Waals surface area contributed by atoms with E-state index in [0.717, 1.165) is 34.6 Å². The van der Waals surface area contributed by atoms with Gasteiger partial charge in [0.05, 0.1) is 12.3 Å². The first kappa shape index (κ1) is 19.9. The van der Waals surface area contributed by atoms with Crippen LogP contribution < -0.4 is 14.8 Å². The molecular formula is C22H24N2O3S. The van der Waals surface area contributed by atoms with Crippen molar-refractivity contribution in [2.45, 2.75) is 27.2 Å². The minimum Gasteiger partial charge on any atom is -0.494 e. The van der Waals surface area contributed by atoms with Crippen LogP contribution in [0.25, 0.3) is 11.3 Å². The number of hydrogen-bond acceptors (Lipinski definition) is 5. The minimum absolute atomic E-state index is 0.0533. The van der Waals surface area contributed by atoms with E-state index in [-0.39, 0.29) is 12.5 Å². The second-order valence-electron chi connectivity index (χ2n) is 6.52. The molecule has 0 unspecified atom stereocenters. The first-order valence-electron chi connectivity index (χ1n) is 9.24. The van der Waals surface area contributed by atoms with Crippen molar-refractivity contribution in [3.63, 3.8) is 0 Å². The number of rotatable bonds is 8. The fourth-order valence-electron chi connectivity index (χ4n) is 2.67. The lowest BCUT2D eigenvalue weighted by atomic mass is 10.1. The van der Waals surface area contributed by atoms with Gasteiger partial charge in [0.15, 0.2) is 11.7 Å². The molecule has 0 fully saturated rings. The number of ether oxygens (including phenoxy) is 2. The number of hydrogen-bond donors (Lipinski definition) is 1. The smallest absolute Gasteiger partial charge is 0.264 e. The molecule has 0 aliphatic rings. The summed E-state index contributed by atoms with van der Waals surface area (Å²) < 4.78 is 11.2. The van der Waals surface area contributed by atoms with Gasteiger partial charge in [-0.25, -0.2) is 4.98 Å². The van der Waals surface area contributed by atoms with Gasteiger partial charge in [0.2, 0.25) is 0 Å². The van der Waals surface area contributed by atoms with Crippen LogP contribution in [0.15, 0.2) is 47.8 Å². The largest absolute Gasteiger partial charge is 0.494 e. The molecule has 0 saturated heterocycles. The maximum absolute atomic E-state index is 12.2. The predicted molar refractivity (Wildman–Crippen MR) is 113 cm³/mol. The number of carbonyl (C=O) groups excluding carboxylic acids is 1. The highest BCUT2D eigenvalue weighted by Crippen LogP contribution is 2.26. The number of nitrogens with zero attached hydrogens (tertiary/aromatic N) is 1. The van der Waals surface area contributed by atoms with Crippen LogP contribution in [0.3, 0.4) is 0 Å². The van der Waals surface area contributed by atoms with Crippen LogP contribution in [0, 0.1) is 13.8 Å². The van der Waals surface area contributed by atoms with Crippen molar-refractivity contribution in [3.8, 4) is 22.8 Å². The lowest BCUT2D eigenvalue weighted by molar-refractivity contribution is -0.118. The second-order valence-corrected chi connectivity index (χ2v) is 7.37. The Morgan fingerprint density at radius 2 is 1.89 bits per heavy atom. The molecule has 3 rings (SSSR count). The quantitative estimate of drug-likeness (QED) is 0.566. The highest BCUT2D eigenvalue weighted by atomic mass is 32.1. The SMILES string of the molecule is CCCOc1ccc(-c2csc(NC(=O)COc3ccc(C)cc3C)n2)cc1. The normalized spacial score (nSPS) is 10.5. The van der Waals surface area contributed by atoms with Crippen LogP contribution in [-0.2, 0) is 4.79 Å². The van der Waals surface area contributed by atoms with Gasteiger partial charge in [-0.1, -0.05) is 24.6 Å². The summed E-state index contributed by atoms with van der Waals surface area (Å²) >= 11 is 1.39. The van der Waals surface area contributed by atoms with E-state index in [0.29, 0.717) is 17.5 Å². The molecule has 1 aromatic heterocycles. The average Bonchev–Trinajstić information content (AvgIpc) is 3.14. The Morgan fingerprint density at radius 1 is 1.11 bits per heavy atom. The number of amides is 1. The Kier molecular flexibility index (Phi) is 6.66. The number of carbonyl (C=O) groups is 1. The Morgan fingerprint density at radius 3 is 2.61 bits per heavy atom. The summed E-state index contributed by atoms with van der Waals surface area (Å²) in [6.07, 6.45) is 0.976. The van der Waals surface area contributed by atoms with Gasteiger partial charge >= 0.3 is 0 Å². The number of nitrogens with one attached hydrogen (secondary N) is 1. The summed E-state index contributed by atoms with van der Waals surface area (Å²) in [4.78, 5) is 16.7. The zero-order valence-corrected chi connectivity index (χ0v) is 17.1. The maximum atomic E-state index is 12.2. The summed E-state index contributed by atoms with van der Waals surface area (Å²) in [5.74, 6) is 1.33. The van der Waals surface area contributed by atoms with E-state index in [2.05, 4.69) is 17.2 Å². The van der Waals surface area contributed by atoms with Gasteiger partial charge in [-0.05, 0) is 56.2 Å². The summed E-state index contributed by atoms with van der Waals surface area (Å²) in [6, 6.07) is 13.7. The molecule has 0 aliphatic heterocycles. The molecule has 5 nitrogen and oxygen atoms in total. The van der Waals surface area contributed by atoms with E-state index in [1.807, 2.05) is 61.7 Å². The Labute approximate surface area is 169 Å². The minimum atomic E-state index is -0.232. The van der Waals surface area contributed by atoms with Crippen molar-refractivity contribution in [2.75, 3.05) is 18.5 Å². The molecule has 1 heterocycles. The summed E-state index contributed by atoms with van der Waals surface area (Å²) in [5, 5.41) is 5.26. The zero-order valence-electron chi connectivity index (χ0n) is 16.3. The van der Waals surface area contributed by atoms with Crippen molar-refractivity contribution in [1.82, 2.24) is 4.98 Å². The number of anilines is 1. The number of thiazole rings is 1. The molecule has 0 spiro atoms. The van der Waals surface area contributed by atoms with Crippen molar-refractivity contribution in [3.05, 3.63) is 59.0 Å². The highest BCUT2D eigenvalue weighted by Gasteiger charge is 2.10. The summed E-state index contributed by atoms with van der Waals surface area (Å²) in [5.41, 5.74) is 3.97. The van der Waals surface area contributed by atoms with Crippen LogP contribution >= 0.6 is 11.3 Å². The van der Waals surface area contributed by atoms with E-state index in [9.17, 15) is 4.79 Å². The first-order chi connectivity index (χ1) is 13.5. The van der Waals surface area contributed by atoms with E-state index < -0.39 is 0 Å². The van der Waals surface area contributed by atoms with Crippen LogP contribution in [0.1, 0.15) is 24.5 Å². The van der Waals surface area contributed by atoms with Gasteiger partial charge in [-0.2, -0.15) is 0 Å².